The molecule has 2 N–H and O–H groups in total. The molecule has 4 aromatic carbocycles. The van der Waals surface area contributed by atoms with Crippen molar-refractivity contribution >= 4 is 49.8 Å². The lowest BCUT2D eigenvalue weighted by molar-refractivity contribution is -0.438. The number of aliphatic hydroxyl groups is 2. The van der Waals surface area contributed by atoms with Crippen LogP contribution in [0.3, 0.4) is 0 Å². The maximum absolute atomic E-state index is 14.0. The summed E-state index contributed by atoms with van der Waals surface area (Å²) in [6.45, 7) is 14.1. The minimum atomic E-state index is -4.37. The van der Waals surface area contributed by atoms with Crippen LogP contribution in [0.1, 0.15) is 197 Å². The van der Waals surface area contributed by atoms with Crippen LogP contribution in [-0.2, 0) is 44.5 Å². The Morgan fingerprint density at radius 3 is 1.78 bits per heavy atom. The first-order chi connectivity index (χ1) is 42.0. The van der Waals surface area contributed by atoms with Crippen molar-refractivity contribution in [2.45, 2.75) is 179 Å². The van der Waals surface area contributed by atoms with Gasteiger partial charge in [0.15, 0.2) is 5.71 Å². The topological polar surface area (TPSA) is 191 Å². The highest BCUT2D eigenvalue weighted by molar-refractivity contribution is 7.85. The summed E-state index contributed by atoms with van der Waals surface area (Å²) in [5.74, 6) is 3.00. The van der Waals surface area contributed by atoms with Gasteiger partial charge in [-0.3, -0.25) is 0 Å². The van der Waals surface area contributed by atoms with E-state index in [4.69, 9.17) is 9.47 Å². The van der Waals surface area contributed by atoms with Gasteiger partial charge in [0.05, 0.1) is 38.9 Å². The zero-order chi connectivity index (χ0) is 62.1. The van der Waals surface area contributed by atoms with E-state index >= 15 is 0 Å². The summed E-state index contributed by atoms with van der Waals surface area (Å²) in [6.07, 6.45) is 27.5. The number of carbonyl (C=O) groups is 2. The van der Waals surface area contributed by atoms with Crippen molar-refractivity contribution in [2.24, 2.45) is 34.5 Å². The third-order valence-corrected chi connectivity index (χ3v) is 24.4. The van der Waals surface area contributed by atoms with Gasteiger partial charge in [-0.05, 0) is 245 Å². The molecule has 0 spiro atoms. The fourth-order valence-corrected chi connectivity index (χ4v) is 19.2. The number of hydrogen-bond acceptors (Lipinski definition) is 12. The van der Waals surface area contributed by atoms with Crippen LogP contribution in [-0.4, -0.2) is 90.6 Å². The molecular weight excluding hydrogens is 1140 g/mol. The molecule has 0 aromatic heterocycles. The summed E-state index contributed by atoms with van der Waals surface area (Å²) in [6, 6.07) is 23.6. The highest BCUT2D eigenvalue weighted by atomic mass is 32.2. The summed E-state index contributed by atoms with van der Waals surface area (Å²) < 4.78 is 72.3. The maximum Gasteiger partial charge on any atom is 0.343 e. The first-order valence-electron chi connectivity index (χ1n) is 32.5. The molecule has 468 valence electrons. The van der Waals surface area contributed by atoms with Crippen LogP contribution >= 0.6 is 0 Å². The number of unbranched alkanes of at least 4 members (excludes halogenated alkanes) is 2. The molecule has 4 saturated carbocycles. The standard InChI is InChI=1S/C73H88N2O11S2/c1-70(2)60-44-48(68(78)85-50-22-26-52-46(42-50)18-24-56-54(52)34-36-72(5)58(56)28-32-66(72)76)20-30-62(60)74(38-12-14-40-87(80)81)64(70)16-10-8-7-9-11-17-65-71(3,4)61-45-49(21-31-63(61)75(65)39-13-15-41-88(82,83)84)69(79)86-51-23-27-53-47(43-51)19-25-57-55(53)35-37-73(6)59(57)29-33-67(73)77/h7-11,16-17,20-23,26-27,30-31,42-45,54-59,66-67,76-77,87H,12-15,18-19,24-25,28-29,32-41H2,1-6H3/t54?,55?,56?,57?,58?,59?,66-,67-,72-,73-/m0/s1. The van der Waals surface area contributed by atoms with E-state index in [9.17, 15) is 41.2 Å². The van der Waals surface area contributed by atoms with Crippen LogP contribution in [0.5, 0.6) is 11.5 Å². The van der Waals surface area contributed by atoms with Crippen molar-refractivity contribution < 1.29 is 55.2 Å². The van der Waals surface area contributed by atoms with Crippen molar-refractivity contribution in [3.63, 3.8) is 0 Å². The molecule has 88 heavy (non-hydrogen) atoms. The second-order valence-electron chi connectivity index (χ2n) is 28.4. The molecule has 10 atom stereocenters. The monoisotopic (exact) mass is 1230 g/mol. The highest BCUT2D eigenvalue weighted by Crippen LogP contribution is 2.63. The van der Waals surface area contributed by atoms with Gasteiger partial charge in [0, 0.05) is 59.0 Å². The third-order valence-electron chi connectivity index (χ3n) is 22.9. The molecular formula is C73H88N2O11S2. The molecule has 2 aliphatic heterocycles. The van der Waals surface area contributed by atoms with Crippen LogP contribution in [0.25, 0.3) is 0 Å². The molecule has 0 amide bonds. The van der Waals surface area contributed by atoms with Crippen LogP contribution < -0.4 is 14.4 Å². The van der Waals surface area contributed by atoms with Crippen molar-refractivity contribution in [1.82, 2.24) is 0 Å². The predicted octanol–water partition coefficient (Wildman–Crippen LogP) is 13.0. The van der Waals surface area contributed by atoms with E-state index in [0.717, 1.165) is 111 Å². The average Bonchev–Trinajstić information content (AvgIpc) is 1.68. The van der Waals surface area contributed by atoms with Crippen molar-refractivity contribution in [3.8, 4) is 11.5 Å². The number of rotatable bonds is 18. The molecule has 0 bridgehead atoms. The number of esters is 2. The summed E-state index contributed by atoms with van der Waals surface area (Å²) >= 11 is 0. The maximum atomic E-state index is 14.0. The van der Waals surface area contributed by atoms with Gasteiger partial charge in [-0.25, -0.2) is 26.4 Å². The van der Waals surface area contributed by atoms with E-state index in [1.807, 2.05) is 85.0 Å². The Morgan fingerprint density at radius 2 is 1.20 bits per heavy atom. The van der Waals surface area contributed by atoms with Gasteiger partial charge < -0.3 is 29.1 Å². The number of aryl methyl sites for hydroxylation is 2. The van der Waals surface area contributed by atoms with E-state index < -0.39 is 49.3 Å². The van der Waals surface area contributed by atoms with Gasteiger partial charge in [-0.2, -0.15) is 4.58 Å². The Balaban J connectivity index is 0.730. The van der Waals surface area contributed by atoms with Crippen molar-refractivity contribution in [3.05, 3.63) is 166 Å². The molecule has 6 unspecified atom stereocenters. The summed E-state index contributed by atoms with van der Waals surface area (Å²) in [5.41, 5.74) is 10.7. The molecule has 0 saturated heterocycles. The summed E-state index contributed by atoms with van der Waals surface area (Å²) in [4.78, 5) is 30.2. The molecule has 13 nitrogen and oxygen atoms in total. The van der Waals surface area contributed by atoms with Crippen LogP contribution in [0.15, 0.2) is 121 Å². The van der Waals surface area contributed by atoms with Gasteiger partial charge in [0.1, 0.15) is 28.7 Å². The third kappa shape index (κ3) is 11.7. The molecule has 8 aliphatic rings. The Labute approximate surface area is 522 Å². The fourth-order valence-electron chi connectivity index (χ4n) is 18.2. The smallest absolute Gasteiger partial charge is 0.343 e. The number of hydrogen-bond donors (Lipinski definition) is 3. The van der Waals surface area contributed by atoms with E-state index in [1.54, 1.807) is 6.07 Å². The fraction of sp³-hybridized carbons (Fsp3) is 0.521. The number of benzene rings is 4. The number of carbonyl (C=O) groups excluding carboxylic acids is 2. The van der Waals surface area contributed by atoms with Crippen molar-refractivity contribution in [1.29, 1.82) is 0 Å². The largest absolute Gasteiger partial charge is 0.748 e. The zero-order valence-corrected chi connectivity index (χ0v) is 53.8. The average molecular weight is 1230 g/mol. The van der Waals surface area contributed by atoms with Crippen LogP contribution in [0.2, 0.25) is 0 Å². The zero-order valence-electron chi connectivity index (χ0n) is 52.0. The Kier molecular flexibility index (Phi) is 17.2. The Hall–Kier alpha value is -5.97. The number of nitrogens with zero attached hydrogens (tertiary/aromatic N) is 2. The van der Waals surface area contributed by atoms with E-state index in [-0.39, 0.29) is 35.2 Å². The van der Waals surface area contributed by atoms with E-state index in [0.29, 0.717) is 90.5 Å². The molecule has 4 aromatic rings. The first-order valence-corrected chi connectivity index (χ1v) is 35.5. The number of fused-ring (bicyclic) bond motifs is 12. The van der Waals surface area contributed by atoms with Crippen molar-refractivity contribution in [2.75, 3.05) is 29.5 Å². The number of allylic oxidation sites excluding steroid dienone is 8. The summed E-state index contributed by atoms with van der Waals surface area (Å²) in [7, 11) is -6.87. The highest BCUT2D eigenvalue weighted by Gasteiger charge is 2.56. The first kappa shape index (κ1) is 62.2. The molecule has 15 heteroatoms. The SMILES string of the molecule is CC1(C)C(/C=C/C=C/C=C/C=C2\N(CCCCS(=O)(=O)[O-])c3ccc(C(=O)Oc4ccc5c(c4)CCC4C5CC[C@@]5(C)C4CC[C@@H]5O)cc3C2(C)C)=[N+](CCCC[SH](=O)=O)c2ccc(C(=O)Oc3ccc4c(c3)CCC3C4CC[C@@]4(C)C3CC[C@@H]4O)cc21. The normalized spacial score (nSPS) is 29.5. The van der Waals surface area contributed by atoms with Crippen LogP contribution in [0.4, 0.5) is 11.4 Å². The molecule has 12 rings (SSSR count). The minimum absolute atomic E-state index is 0.00776. The molecule has 6 aliphatic carbocycles. The van der Waals surface area contributed by atoms with Crippen LogP contribution in [0, 0.1) is 34.5 Å². The minimum Gasteiger partial charge on any atom is -0.748 e. The Bertz CT molecular complexity index is 3770. The number of thiol groups is 1. The molecule has 0 radical (unpaired) electrons. The van der Waals surface area contributed by atoms with Gasteiger partial charge in [-0.15, -0.1) is 0 Å². The molecule has 2 heterocycles. The predicted molar refractivity (Wildman–Crippen MR) is 344 cm³/mol. The lowest BCUT2D eigenvalue weighted by Gasteiger charge is -2.50. The second-order valence-corrected chi connectivity index (χ2v) is 31.1. The Morgan fingerprint density at radius 1 is 0.648 bits per heavy atom. The lowest BCUT2D eigenvalue weighted by atomic mass is 9.55. The van der Waals surface area contributed by atoms with Gasteiger partial charge in [0.2, 0.25) is 5.69 Å². The van der Waals surface area contributed by atoms with Gasteiger partial charge in [-0.1, -0.05) is 70.2 Å². The van der Waals surface area contributed by atoms with Gasteiger partial charge in [0.25, 0.3) is 0 Å². The lowest BCUT2D eigenvalue weighted by Crippen LogP contribution is -2.43. The number of aliphatic hydroxyl groups excluding tert-OH is 2. The quantitative estimate of drug-likeness (QED) is 0.0163. The number of anilines is 1. The second kappa shape index (κ2) is 24.3. The summed E-state index contributed by atoms with van der Waals surface area (Å²) in [5, 5.41) is 21.8. The van der Waals surface area contributed by atoms with E-state index in [1.165, 1.54) is 22.3 Å². The number of ether oxygens (including phenoxy) is 2. The van der Waals surface area contributed by atoms with Gasteiger partial charge >= 0.3 is 11.9 Å². The van der Waals surface area contributed by atoms with E-state index in [2.05, 4.69) is 75.3 Å². The molecule has 4 fully saturated rings.